The van der Waals surface area contributed by atoms with Crippen LogP contribution in [0.4, 0.5) is 5.69 Å². The highest BCUT2D eigenvalue weighted by Gasteiger charge is 2.24. The Bertz CT molecular complexity index is 1280. The minimum absolute atomic E-state index is 0.0458. The SMILES string of the molecule is CC(C)C[C@@H](NC(=O)c1ccc(Cl)cc1Cl)c1nnc(SCC(=O)Nc2cc(Cl)c(Cl)cc2Cl)n1C. The minimum atomic E-state index is -0.431. The summed E-state index contributed by atoms with van der Waals surface area (Å²) in [6.45, 7) is 4.08. The highest BCUT2D eigenvalue weighted by molar-refractivity contribution is 7.99. The average Bonchev–Trinajstić information content (AvgIpc) is 3.15. The van der Waals surface area contributed by atoms with Crippen molar-refractivity contribution in [2.24, 2.45) is 13.0 Å². The first-order chi connectivity index (χ1) is 17.0. The van der Waals surface area contributed by atoms with Crippen LogP contribution in [0.2, 0.25) is 25.1 Å². The molecule has 0 spiro atoms. The van der Waals surface area contributed by atoms with Crippen LogP contribution in [0.3, 0.4) is 0 Å². The molecule has 3 rings (SSSR count). The highest BCUT2D eigenvalue weighted by atomic mass is 35.5. The predicted molar refractivity (Wildman–Crippen MR) is 148 cm³/mol. The van der Waals surface area contributed by atoms with Crippen LogP contribution in [-0.2, 0) is 11.8 Å². The zero-order valence-electron chi connectivity index (χ0n) is 19.4. The van der Waals surface area contributed by atoms with E-state index in [0.717, 1.165) is 0 Å². The molecule has 1 heterocycles. The summed E-state index contributed by atoms with van der Waals surface area (Å²) < 4.78 is 1.75. The lowest BCUT2D eigenvalue weighted by Crippen LogP contribution is -2.31. The molecular weight excluding hydrogens is 588 g/mol. The predicted octanol–water partition coefficient (Wildman–Crippen LogP) is 7.33. The maximum Gasteiger partial charge on any atom is 0.253 e. The van der Waals surface area contributed by atoms with Gasteiger partial charge in [0.25, 0.3) is 5.91 Å². The first-order valence-corrected chi connectivity index (χ1v) is 13.6. The van der Waals surface area contributed by atoms with E-state index < -0.39 is 6.04 Å². The van der Waals surface area contributed by atoms with Gasteiger partial charge in [0.05, 0.1) is 43.1 Å². The maximum atomic E-state index is 12.9. The maximum absolute atomic E-state index is 12.9. The molecule has 13 heteroatoms. The van der Waals surface area contributed by atoms with Gasteiger partial charge in [0.1, 0.15) is 0 Å². The van der Waals surface area contributed by atoms with Gasteiger partial charge in [-0.2, -0.15) is 0 Å². The van der Waals surface area contributed by atoms with Crippen molar-refractivity contribution >= 4 is 87.3 Å². The number of benzene rings is 2. The molecular formula is C23H22Cl5N5O2S. The summed E-state index contributed by atoms with van der Waals surface area (Å²) >= 11 is 31.4. The van der Waals surface area contributed by atoms with Gasteiger partial charge >= 0.3 is 0 Å². The molecule has 1 atom stereocenters. The van der Waals surface area contributed by atoms with E-state index in [2.05, 4.69) is 20.8 Å². The topological polar surface area (TPSA) is 88.9 Å². The second-order valence-corrected chi connectivity index (χ2v) is 11.3. The third-order valence-corrected chi connectivity index (χ3v) is 7.59. The molecule has 0 aliphatic heterocycles. The second kappa shape index (κ2) is 12.7. The molecule has 7 nitrogen and oxygen atoms in total. The number of hydrogen-bond donors (Lipinski definition) is 2. The second-order valence-electron chi connectivity index (χ2n) is 8.26. The molecule has 0 aliphatic carbocycles. The molecule has 2 amide bonds. The van der Waals surface area contributed by atoms with Crippen molar-refractivity contribution in [3.05, 3.63) is 66.8 Å². The Labute approximate surface area is 238 Å². The summed E-state index contributed by atoms with van der Waals surface area (Å²) in [6, 6.07) is 7.21. The van der Waals surface area contributed by atoms with Gasteiger partial charge in [0, 0.05) is 12.1 Å². The molecule has 192 valence electrons. The number of thioether (sulfide) groups is 1. The number of carbonyl (C=O) groups excluding carboxylic acids is 2. The molecule has 0 fully saturated rings. The molecule has 3 aromatic rings. The third kappa shape index (κ3) is 7.43. The summed E-state index contributed by atoms with van der Waals surface area (Å²) in [5.74, 6) is 0.194. The number of halogens is 5. The van der Waals surface area contributed by atoms with Gasteiger partial charge in [-0.25, -0.2) is 0 Å². The number of nitrogens with one attached hydrogen (secondary N) is 2. The van der Waals surface area contributed by atoms with Crippen molar-refractivity contribution in [3.63, 3.8) is 0 Å². The van der Waals surface area contributed by atoms with Crippen LogP contribution < -0.4 is 10.6 Å². The number of nitrogens with zero attached hydrogens (tertiary/aromatic N) is 3. The Morgan fingerprint density at radius 3 is 2.33 bits per heavy atom. The standard InChI is InChI=1S/C23H22Cl5N5O2S/c1-11(2)6-19(30-22(35)13-5-4-12(24)7-14(13)25)21-31-32-23(33(21)3)36-10-20(34)29-18-9-16(27)15(26)8-17(18)28/h4-5,7-9,11,19H,6,10H2,1-3H3,(H,29,34)(H,30,35)/t19-/m1/s1. The Hall–Kier alpha value is -1.68. The molecule has 0 unspecified atom stereocenters. The van der Waals surface area contributed by atoms with Crippen molar-refractivity contribution in [3.8, 4) is 0 Å². The molecule has 0 saturated heterocycles. The summed E-state index contributed by atoms with van der Waals surface area (Å²) in [4.78, 5) is 25.4. The zero-order valence-corrected chi connectivity index (χ0v) is 24.0. The fourth-order valence-electron chi connectivity index (χ4n) is 3.30. The summed E-state index contributed by atoms with van der Waals surface area (Å²) in [5, 5.41) is 16.2. The van der Waals surface area contributed by atoms with Gasteiger partial charge in [-0.15, -0.1) is 10.2 Å². The largest absolute Gasteiger partial charge is 0.342 e. The van der Waals surface area contributed by atoms with Crippen molar-refractivity contribution < 1.29 is 9.59 Å². The van der Waals surface area contributed by atoms with Crippen LogP contribution in [0, 0.1) is 5.92 Å². The summed E-state index contributed by atoms with van der Waals surface area (Å²) in [6.07, 6.45) is 0.615. The Morgan fingerprint density at radius 2 is 1.67 bits per heavy atom. The molecule has 2 N–H and O–H groups in total. The van der Waals surface area contributed by atoms with E-state index in [0.29, 0.717) is 38.7 Å². The van der Waals surface area contributed by atoms with E-state index in [1.807, 2.05) is 13.8 Å². The molecule has 0 aliphatic rings. The number of anilines is 1. The normalized spacial score (nSPS) is 12.0. The molecule has 2 aromatic carbocycles. The van der Waals surface area contributed by atoms with Crippen LogP contribution in [-0.4, -0.2) is 32.3 Å². The molecule has 0 radical (unpaired) electrons. The lowest BCUT2D eigenvalue weighted by Gasteiger charge is -2.20. The number of rotatable bonds is 9. The monoisotopic (exact) mass is 607 g/mol. The van der Waals surface area contributed by atoms with E-state index in [4.69, 9.17) is 58.0 Å². The fourth-order valence-corrected chi connectivity index (χ4v) is 5.11. The van der Waals surface area contributed by atoms with E-state index in [9.17, 15) is 9.59 Å². The Kier molecular flexibility index (Phi) is 10.2. The van der Waals surface area contributed by atoms with Gasteiger partial charge in [0.2, 0.25) is 5.91 Å². The summed E-state index contributed by atoms with van der Waals surface area (Å²) in [5.41, 5.74) is 0.667. The number of aromatic nitrogens is 3. The van der Waals surface area contributed by atoms with E-state index in [1.165, 1.54) is 30.0 Å². The molecule has 0 bridgehead atoms. The smallest absolute Gasteiger partial charge is 0.253 e. The van der Waals surface area contributed by atoms with Gasteiger partial charge in [-0.3, -0.25) is 9.59 Å². The highest BCUT2D eigenvalue weighted by Crippen LogP contribution is 2.32. The van der Waals surface area contributed by atoms with Gasteiger partial charge in [-0.1, -0.05) is 83.6 Å². The van der Waals surface area contributed by atoms with E-state index >= 15 is 0 Å². The fraction of sp³-hybridized carbons (Fsp3) is 0.304. The third-order valence-electron chi connectivity index (χ3n) is 4.98. The number of carbonyl (C=O) groups is 2. The van der Waals surface area contributed by atoms with Crippen molar-refractivity contribution in [1.29, 1.82) is 0 Å². The minimum Gasteiger partial charge on any atom is -0.342 e. The Morgan fingerprint density at radius 1 is 0.972 bits per heavy atom. The first kappa shape index (κ1) is 28.9. The van der Waals surface area contributed by atoms with Crippen molar-refractivity contribution in [2.75, 3.05) is 11.1 Å². The van der Waals surface area contributed by atoms with Crippen LogP contribution in [0.25, 0.3) is 0 Å². The number of hydrogen-bond acceptors (Lipinski definition) is 5. The van der Waals surface area contributed by atoms with Crippen molar-refractivity contribution in [2.45, 2.75) is 31.5 Å². The zero-order chi connectivity index (χ0) is 26.6. The van der Waals surface area contributed by atoms with Gasteiger partial charge in [0.15, 0.2) is 11.0 Å². The lowest BCUT2D eigenvalue weighted by molar-refractivity contribution is -0.113. The summed E-state index contributed by atoms with van der Waals surface area (Å²) in [7, 11) is 1.78. The lowest BCUT2D eigenvalue weighted by atomic mass is 10.0. The van der Waals surface area contributed by atoms with E-state index in [-0.39, 0.29) is 38.6 Å². The van der Waals surface area contributed by atoms with Crippen LogP contribution in [0.5, 0.6) is 0 Å². The van der Waals surface area contributed by atoms with Crippen LogP contribution in [0.15, 0.2) is 35.5 Å². The van der Waals surface area contributed by atoms with Crippen LogP contribution >= 0.6 is 69.8 Å². The van der Waals surface area contributed by atoms with Gasteiger partial charge in [-0.05, 0) is 42.7 Å². The van der Waals surface area contributed by atoms with Crippen LogP contribution in [0.1, 0.15) is 42.5 Å². The first-order valence-electron chi connectivity index (χ1n) is 10.7. The molecule has 36 heavy (non-hydrogen) atoms. The molecule has 1 aromatic heterocycles. The van der Waals surface area contributed by atoms with E-state index in [1.54, 1.807) is 23.7 Å². The van der Waals surface area contributed by atoms with Crippen molar-refractivity contribution in [1.82, 2.24) is 20.1 Å². The Balaban J connectivity index is 1.71. The van der Waals surface area contributed by atoms with Gasteiger partial charge < -0.3 is 15.2 Å². The average molecular weight is 610 g/mol. The quantitative estimate of drug-likeness (QED) is 0.196. The molecule has 0 saturated carbocycles. The number of amides is 2.